The maximum atomic E-state index is 13.0. The molecule has 0 unspecified atom stereocenters. The molecular weight excluding hydrogens is 384 g/mol. The molecule has 4 aromatic rings. The van der Waals surface area contributed by atoms with Crippen LogP contribution in [0.1, 0.15) is 21.6 Å². The molecule has 1 aromatic heterocycles. The van der Waals surface area contributed by atoms with E-state index in [9.17, 15) is 4.79 Å². The summed E-state index contributed by atoms with van der Waals surface area (Å²) in [6.45, 7) is 6.22. The molecule has 0 N–H and O–H groups in total. The van der Waals surface area contributed by atoms with Crippen LogP contribution in [-0.4, -0.2) is 51.7 Å². The van der Waals surface area contributed by atoms with Gasteiger partial charge in [0.25, 0.3) is 5.91 Å². The first kappa shape index (κ1) is 19.5. The van der Waals surface area contributed by atoms with Crippen LogP contribution in [0, 0.1) is 6.92 Å². The van der Waals surface area contributed by atoms with Crippen molar-refractivity contribution in [2.45, 2.75) is 13.5 Å². The SMILES string of the molecule is Cc1ccnn1-c1ccc(C(=O)N2CCN(Cc3cccc4ccccc34)CC2)cc1. The molecule has 0 saturated carbocycles. The largest absolute Gasteiger partial charge is 0.336 e. The summed E-state index contributed by atoms with van der Waals surface area (Å²) < 4.78 is 1.88. The lowest BCUT2D eigenvalue weighted by atomic mass is 10.0. The lowest BCUT2D eigenvalue weighted by molar-refractivity contribution is 0.0629. The molecule has 0 bridgehead atoms. The zero-order valence-electron chi connectivity index (χ0n) is 17.7. The Morgan fingerprint density at radius 2 is 1.61 bits per heavy atom. The fourth-order valence-electron chi connectivity index (χ4n) is 4.35. The van der Waals surface area contributed by atoms with E-state index >= 15 is 0 Å². The summed E-state index contributed by atoms with van der Waals surface area (Å²) in [5.41, 5.74) is 4.12. The van der Waals surface area contributed by atoms with Crippen molar-refractivity contribution in [3.8, 4) is 5.69 Å². The molecule has 5 nitrogen and oxygen atoms in total. The van der Waals surface area contributed by atoms with Gasteiger partial charge in [-0.3, -0.25) is 9.69 Å². The number of fused-ring (bicyclic) bond motifs is 1. The van der Waals surface area contributed by atoms with Gasteiger partial charge in [-0.15, -0.1) is 0 Å². The fraction of sp³-hybridized carbons (Fsp3) is 0.231. The molecule has 5 heteroatoms. The summed E-state index contributed by atoms with van der Waals surface area (Å²) in [4.78, 5) is 17.4. The van der Waals surface area contributed by atoms with Crippen molar-refractivity contribution in [3.05, 3.63) is 95.8 Å². The first-order valence-electron chi connectivity index (χ1n) is 10.8. The molecule has 5 rings (SSSR count). The maximum absolute atomic E-state index is 13.0. The first-order valence-corrected chi connectivity index (χ1v) is 10.8. The van der Waals surface area contributed by atoms with Gasteiger partial charge in [-0.05, 0) is 53.6 Å². The Morgan fingerprint density at radius 1 is 0.871 bits per heavy atom. The highest BCUT2D eigenvalue weighted by molar-refractivity contribution is 5.94. The van der Waals surface area contributed by atoms with E-state index in [0.29, 0.717) is 0 Å². The highest BCUT2D eigenvalue weighted by Gasteiger charge is 2.22. The maximum Gasteiger partial charge on any atom is 0.253 e. The lowest BCUT2D eigenvalue weighted by Crippen LogP contribution is -2.48. The van der Waals surface area contributed by atoms with Gasteiger partial charge in [0, 0.05) is 50.2 Å². The monoisotopic (exact) mass is 410 g/mol. The molecular formula is C26H26N4O. The first-order chi connectivity index (χ1) is 15.2. The van der Waals surface area contributed by atoms with Gasteiger partial charge in [-0.1, -0.05) is 42.5 Å². The average molecular weight is 411 g/mol. The molecule has 1 amide bonds. The second kappa shape index (κ2) is 8.36. The van der Waals surface area contributed by atoms with Crippen LogP contribution >= 0.6 is 0 Å². The smallest absolute Gasteiger partial charge is 0.253 e. The summed E-state index contributed by atoms with van der Waals surface area (Å²) in [6, 6.07) is 24.7. The Balaban J connectivity index is 1.22. The molecule has 31 heavy (non-hydrogen) atoms. The zero-order chi connectivity index (χ0) is 21.2. The number of carbonyl (C=O) groups excluding carboxylic acids is 1. The highest BCUT2D eigenvalue weighted by atomic mass is 16.2. The van der Waals surface area contributed by atoms with Crippen LogP contribution in [-0.2, 0) is 6.54 Å². The van der Waals surface area contributed by atoms with E-state index in [0.717, 1.165) is 49.7 Å². The number of piperazine rings is 1. The zero-order valence-corrected chi connectivity index (χ0v) is 17.7. The topological polar surface area (TPSA) is 41.4 Å². The summed E-state index contributed by atoms with van der Waals surface area (Å²) in [7, 11) is 0. The van der Waals surface area contributed by atoms with E-state index in [1.165, 1.54) is 16.3 Å². The molecule has 0 aliphatic carbocycles. The summed E-state index contributed by atoms with van der Waals surface area (Å²) in [6.07, 6.45) is 1.78. The van der Waals surface area contributed by atoms with E-state index < -0.39 is 0 Å². The second-order valence-corrected chi connectivity index (χ2v) is 8.14. The Labute approximate surface area is 182 Å². The van der Waals surface area contributed by atoms with Crippen molar-refractivity contribution in [1.82, 2.24) is 19.6 Å². The predicted molar refractivity (Wildman–Crippen MR) is 123 cm³/mol. The molecule has 156 valence electrons. The summed E-state index contributed by atoms with van der Waals surface area (Å²) >= 11 is 0. The van der Waals surface area contributed by atoms with Crippen molar-refractivity contribution >= 4 is 16.7 Å². The van der Waals surface area contributed by atoms with Gasteiger partial charge in [0.1, 0.15) is 0 Å². The van der Waals surface area contributed by atoms with Crippen LogP contribution in [0.5, 0.6) is 0 Å². The van der Waals surface area contributed by atoms with Gasteiger partial charge in [0.15, 0.2) is 0 Å². The molecule has 1 saturated heterocycles. The number of aryl methyl sites for hydroxylation is 1. The van der Waals surface area contributed by atoms with Gasteiger partial charge in [-0.25, -0.2) is 4.68 Å². The summed E-state index contributed by atoms with van der Waals surface area (Å²) in [5, 5.41) is 6.92. The second-order valence-electron chi connectivity index (χ2n) is 8.14. The molecule has 1 aliphatic heterocycles. The number of carbonyl (C=O) groups is 1. The van der Waals surface area contributed by atoms with Crippen molar-refractivity contribution in [3.63, 3.8) is 0 Å². The third kappa shape index (κ3) is 3.97. The van der Waals surface area contributed by atoms with Crippen LogP contribution in [0.3, 0.4) is 0 Å². The van der Waals surface area contributed by atoms with E-state index in [1.807, 2.05) is 46.8 Å². The van der Waals surface area contributed by atoms with Crippen LogP contribution in [0.15, 0.2) is 79.0 Å². The fourth-order valence-corrected chi connectivity index (χ4v) is 4.35. The predicted octanol–water partition coefficient (Wildman–Crippen LogP) is 4.29. The number of rotatable bonds is 4. The van der Waals surface area contributed by atoms with E-state index in [-0.39, 0.29) is 5.91 Å². The minimum Gasteiger partial charge on any atom is -0.336 e. The minimum atomic E-state index is 0.105. The van der Waals surface area contributed by atoms with Gasteiger partial charge in [0.05, 0.1) is 5.69 Å². The van der Waals surface area contributed by atoms with Crippen LogP contribution in [0.2, 0.25) is 0 Å². The van der Waals surface area contributed by atoms with Crippen molar-refractivity contribution in [1.29, 1.82) is 0 Å². The molecule has 1 fully saturated rings. The van der Waals surface area contributed by atoms with Crippen LogP contribution < -0.4 is 0 Å². The van der Waals surface area contributed by atoms with Crippen molar-refractivity contribution in [2.24, 2.45) is 0 Å². The van der Waals surface area contributed by atoms with Gasteiger partial charge < -0.3 is 4.90 Å². The number of hydrogen-bond acceptors (Lipinski definition) is 3. The Morgan fingerprint density at radius 3 is 2.35 bits per heavy atom. The number of nitrogens with zero attached hydrogens (tertiary/aromatic N) is 4. The molecule has 3 aromatic carbocycles. The Hall–Kier alpha value is -3.44. The normalized spacial score (nSPS) is 14.8. The Bertz CT molecular complexity index is 1200. The van der Waals surface area contributed by atoms with Crippen molar-refractivity contribution in [2.75, 3.05) is 26.2 Å². The van der Waals surface area contributed by atoms with Crippen molar-refractivity contribution < 1.29 is 4.79 Å². The average Bonchev–Trinajstić information content (AvgIpc) is 3.25. The Kier molecular flexibility index (Phi) is 5.26. The van der Waals surface area contributed by atoms with E-state index in [1.54, 1.807) is 6.20 Å². The molecule has 1 aliphatic rings. The van der Waals surface area contributed by atoms with Gasteiger partial charge in [-0.2, -0.15) is 5.10 Å². The molecule has 0 atom stereocenters. The number of aromatic nitrogens is 2. The van der Waals surface area contributed by atoms with Crippen LogP contribution in [0.25, 0.3) is 16.5 Å². The number of amides is 1. The molecule has 0 spiro atoms. The van der Waals surface area contributed by atoms with E-state index in [2.05, 4.69) is 52.5 Å². The lowest BCUT2D eigenvalue weighted by Gasteiger charge is -2.35. The number of hydrogen-bond donors (Lipinski definition) is 0. The van der Waals surface area contributed by atoms with Gasteiger partial charge >= 0.3 is 0 Å². The number of benzene rings is 3. The highest BCUT2D eigenvalue weighted by Crippen LogP contribution is 2.21. The van der Waals surface area contributed by atoms with E-state index in [4.69, 9.17) is 0 Å². The summed E-state index contributed by atoms with van der Waals surface area (Å²) in [5.74, 6) is 0.105. The standard InChI is InChI=1S/C26H26N4O/c1-20-13-14-27-30(20)24-11-9-22(10-12-24)26(31)29-17-15-28(16-18-29)19-23-7-4-6-21-5-2-3-8-25(21)23/h2-14H,15-19H2,1H3. The minimum absolute atomic E-state index is 0.105. The van der Waals surface area contributed by atoms with Gasteiger partial charge in [0.2, 0.25) is 0 Å². The molecule has 0 radical (unpaired) electrons. The quantitative estimate of drug-likeness (QED) is 0.504. The molecule has 2 heterocycles. The third-order valence-electron chi connectivity index (χ3n) is 6.12. The van der Waals surface area contributed by atoms with Crippen LogP contribution in [0.4, 0.5) is 0 Å². The third-order valence-corrected chi connectivity index (χ3v) is 6.12.